The lowest BCUT2D eigenvalue weighted by Crippen LogP contribution is -2.38. The van der Waals surface area contributed by atoms with Crippen LogP contribution in [-0.4, -0.2) is 65.8 Å². The molecule has 7 heteroatoms. The number of nitrogens with one attached hydrogen (secondary N) is 2. The lowest BCUT2D eigenvalue weighted by Gasteiger charge is -2.14. The summed E-state index contributed by atoms with van der Waals surface area (Å²) in [7, 11) is 1.71. The van der Waals surface area contributed by atoms with Gasteiger partial charge in [-0.1, -0.05) is 12.1 Å². The number of methoxy groups -OCH3 is 1. The van der Waals surface area contributed by atoms with Gasteiger partial charge in [0, 0.05) is 57.9 Å². The lowest BCUT2D eigenvalue weighted by molar-refractivity contribution is 0.0888. The number of nitrogens with zero attached hydrogens (tertiary/aromatic N) is 1. The van der Waals surface area contributed by atoms with Crippen LogP contribution in [0, 0.1) is 12.8 Å². The van der Waals surface area contributed by atoms with Gasteiger partial charge in [-0.2, -0.15) is 0 Å². The number of aliphatic imine (C=N–C) groups is 1. The van der Waals surface area contributed by atoms with Crippen LogP contribution in [0.25, 0.3) is 0 Å². The van der Waals surface area contributed by atoms with E-state index in [9.17, 15) is 0 Å². The summed E-state index contributed by atoms with van der Waals surface area (Å²) >= 11 is 0. The predicted octanol–water partition coefficient (Wildman–Crippen LogP) is 2.91. The molecule has 1 unspecified atom stereocenters. The molecule has 0 amide bonds. The van der Waals surface area contributed by atoms with Crippen LogP contribution in [0.1, 0.15) is 37.3 Å². The maximum atomic E-state index is 5.96. The van der Waals surface area contributed by atoms with E-state index in [0.717, 1.165) is 76.1 Å². The van der Waals surface area contributed by atoms with Crippen molar-refractivity contribution >= 4 is 5.96 Å². The fraction of sp³-hybridized carbons (Fsp3) is 0.696. The van der Waals surface area contributed by atoms with Crippen molar-refractivity contribution < 1.29 is 18.9 Å². The Hall–Kier alpha value is -1.83. The Kier molecular flexibility index (Phi) is 12.3. The third-order valence-corrected chi connectivity index (χ3v) is 4.86. The number of ether oxygens (including phenoxy) is 4. The van der Waals surface area contributed by atoms with Crippen molar-refractivity contribution in [3.63, 3.8) is 0 Å². The molecule has 1 aliphatic rings. The quantitative estimate of drug-likeness (QED) is 0.273. The minimum absolute atomic E-state index is 0.563. The Morgan fingerprint density at radius 2 is 2.10 bits per heavy atom. The molecule has 7 nitrogen and oxygen atoms in total. The van der Waals surface area contributed by atoms with E-state index in [0.29, 0.717) is 25.7 Å². The van der Waals surface area contributed by atoms with Crippen LogP contribution in [-0.2, 0) is 20.8 Å². The fourth-order valence-corrected chi connectivity index (χ4v) is 3.16. The molecule has 1 heterocycles. The van der Waals surface area contributed by atoms with Crippen molar-refractivity contribution in [2.45, 2.75) is 39.7 Å². The second-order valence-electron chi connectivity index (χ2n) is 7.59. The molecule has 2 N–H and O–H groups in total. The molecule has 1 aliphatic heterocycles. The summed E-state index contributed by atoms with van der Waals surface area (Å²) in [5, 5.41) is 6.69. The van der Waals surface area contributed by atoms with Crippen LogP contribution >= 0.6 is 0 Å². The van der Waals surface area contributed by atoms with Crippen molar-refractivity contribution in [1.82, 2.24) is 10.6 Å². The van der Waals surface area contributed by atoms with Crippen molar-refractivity contribution in [2.75, 3.05) is 59.8 Å². The third kappa shape index (κ3) is 9.78. The summed E-state index contributed by atoms with van der Waals surface area (Å²) in [6, 6.07) is 6.26. The molecule has 30 heavy (non-hydrogen) atoms. The number of aryl methyl sites for hydroxylation is 1. The molecule has 1 saturated heterocycles. The first-order valence-corrected chi connectivity index (χ1v) is 11.1. The maximum absolute atomic E-state index is 5.96. The molecule has 1 atom stereocenters. The predicted molar refractivity (Wildman–Crippen MR) is 120 cm³/mol. The SMILES string of the molecule is CCNC(=NCc1ccc(C)cc1OCCCOC)NCCCOCC1CCOC1. The molecule has 1 aromatic carbocycles. The van der Waals surface area contributed by atoms with E-state index >= 15 is 0 Å². The lowest BCUT2D eigenvalue weighted by atomic mass is 10.1. The zero-order valence-electron chi connectivity index (χ0n) is 18.9. The van der Waals surface area contributed by atoms with Gasteiger partial charge in [-0.3, -0.25) is 0 Å². The highest BCUT2D eigenvalue weighted by Gasteiger charge is 2.15. The van der Waals surface area contributed by atoms with E-state index in [4.69, 9.17) is 23.9 Å². The molecule has 1 fully saturated rings. The van der Waals surface area contributed by atoms with Gasteiger partial charge in [0.15, 0.2) is 5.96 Å². The summed E-state index contributed by atoms with van der Waals surface area (Å²) in [6.45, 7) is 10.9. The van der Waals surface area contributed by atoms with Crippen LogP contribution in [0.4, 0.5) is 0 Å². The fourth-order valence-electron chi connectivity index (χ4n) is 3.16. The highest BCUT2D eigenvalue weighted by atomic mass is 16.5. The number of hydrogen-bond acceptors (Lipinski definition) is 5. The Bertz CT molecular complexity index is 618. The molecule has 0 aromatic heterocycles. The first-order valence-electron chi connectivity index (χ1n) is 11.1. The topological polar surface area (TPSA) is 73.3 Å². The summed E-state index contributed by atoms with van der Waals surface area (Å²) in [6.07, 6.45) is 2.93. The van der Waals surface area contributed by atoms with Crippen LogP contribution in [0.5, 0.6) is 5.75 Å². The molecule has 0 aliphatic carbocycles. The number of hydrogen-bond donors (Lipinski definition) is 2. The normalized spacial score (nSPS) is 16.6. The molecule has 2 rings (SSSR count). The highest BCUT2D eigenvalue weighted by molar-refractivity contribution is 5.79. The summed E-state index contributed by atoms with van der Waals surface area (Å²) in [4.78, 5) is 4.73. The third-order valence-electron chi connectivity index (χ3n) is 4.86. The minimum atomic E-state index is 0.563. The van der Waals surface area contributed by atoms with Gasteiger partial charge < -0.3 is 29.6 Å². The molecule has 0 radical (unpaired) electrons. The van der Waals surface area contributed by atoms with E-state index in [-0.39, 0.29) is 0 Å². The maximum Gasteiger partial charge on any atom is 0.191 e. The molecule has 0 saturated carbocycles. The first-order chi connectivity index (χ1) is 14.7. The highest BCUT2D eigenvalue weighted by Crippen LogP contribution is 2.21. The van der Waals surface area contributed by atoms with E-state index in [1.807, 2.05) is 0 Å². The Morgan fingerprint density at radius 1 is 1.20 bits per heavy atom. The van der Waals surface area contributed by atoms with Crippen molar-refractivity contribution in [3.05, 3.63) is 29.3 Å². The van der Waals surface area contributed by atoms with Gasteiger partial charge in [-0.05, 0) is 38.3 Å². The first kappa shape index (κ1) is 24.4. The van der Waals surface area contributed by atoms with Crippen molar-refractivity contribution in [3.8, 4) is 5.75 Å². The number of rotatable bonds is 14. The van der Waals surface area contributed by atoms with Gasteiger partial charge in [-0.15, -0.1) is 0 Å². The number of benzene rings is 1. The number of guanidine groups is 1. The zero-order chi connectivity index (χ0) is 21.4. The Balaban J connectivity index is 1.76. The largest absolute Gasteiger partial charge is 0.493 e. The average Bonchev–Trinajstić information content (AvgIpc) is 3.26. The van der Waals surface area contributed by atoms with Gasteiger partial charge >= 0.3 is 0 Å². The summed E-state index contributed by atoms with van der Waals surface area (Å²) in [5.74, 6) is 2.28. The molecule has 0 bridgehead atoms. The van der Waals surface area contributed by atoms with Gasteiger partial charge in [0.1, 0.15) is 5.75 Å². The second-order valence-corrected chi connectivity index (χ2v) is 7.59. The second kappa shape index (κ2) is 15.0. The van der Waals surface area contributed by atoms with Gasteiger partial charge in [0.25, 0.3) is 0 Å². The summed E-state index contributed by atoms with van der Waals surface area (Å²) in [5.41, 5.74) is 2.26. The standard InChI is InChI=1S/C23H39N3O4/c1-4-24-23(25-10-5-12-28-17-20-9-14-29-18-20)26-16-21-8-7-19(2)15-22(21)30-13-6-11-27-3/h7-8,15,20H,4-6,9-14,16-18H2,1-3H3,(H2,24,25,26). The van der Waals surface area contributed by atoms with E-state index in [2.05, 4.69) is 42.7 Å². The molecular weight excluding hydrogens is 382 g/mol. The van der Waals surface area contributed by atoms with Crippen molar-refractivity contribution in [2.24, 2.45) is 10.9 Å². The Morgan fingerprint density at radius 3 is 2.87 bits per heavy atom. The van der Waals surface area contributed by atoms with Crippen LogP contribution in [0.15, 0.2) is 23.2 Å². The average molecular weight is 422 g/mol. The Labute approximate surface area is 181 Å². The smallest absolute Gasteiger partial charge is 0.191 e. The van der Waals surface area contributed by atoms with Gasteiger partial charge in [-0.25, -0.2) is 4.99 Å². The monoisotopic (exact) mass is 421 g/mol. The molecule has 0 spiro atoms. The molecule has 1 aromatic rings. The van der Waals surface area contributed by atoms with Crippen LogP contribution < -0.4 is 15.4 Å². The van der Waals surface area contributed by atoms with Gasteiger partial charge in [0.05, 0.1) is 26.4 Å². The van der Waals surface area contributed by atoms with E-state index in [1.54, 1.807) is 7.11 Å². The van der Waals surface area contributed by atoms with Crippen molar-refractivity contribution in [1.29, 1.82) is 0 Å². The van der Waals surface area contributed by atoms with Gasteiger partial charge in [0.2, 0.25) is 0 Å². The minimum Gasteiger partial charge on any atom is -0.493 e. The van der Waals surface area contributed by atoms with Crippen LogP contribution in [0.3, 0.4) is 0 Å². The molecule has 170 valence electrons. The summed E-state index contributed by atoms with van der Waals surface area (Å²) < 4.78 is 22.2. The van der Waals surface area contributed by atoms with E-state index in [1.165, 1.54) is 5.56 Å². The van der Waals surface area contributed by atoms with E-state index < -0.39 is 0 Å². The zero-order valence-corrected chi connectivity index (χ0v) is 18.9. The van der Waals surface area contributed by atoms with Crippen LogP contribution in [0.2, 0.25) is 0 Å². The molecular formula is C23H39N3O4.